The molecule has 64 heavy (non-hydrogen) atoms. The molecular weight excluding hydrogens is 789 g/mol. The zero-order chi connectivity index (χ0) is 46.3. The lowest BCUT2D eigenvalue weighted by molar-refractivity contribution is -0.161. The smallest absolute Gasteiger partial charge is 0.306 e. The molecule has 0 aromatic heterocycles. The van der Waals surface area contributed by atoms with E-state index in [1.807, 2.05) is 0 Å². The van der Waals surface area contributed by atoms with Gasteiger partial charge in [0.15, 0.2) is 6.10 Å². The molecule has 0 radical (unpaired) electrons. The molecule has 0 spiro atoms. The van der Waals surface area contributed by atoms with Gasteiger partial charge in [-0.25, -0.2) is 0 Å². The highest BCUT2D eigenvalue weighted by Gasteiger charge is 2.16. The van der Waals surface area contributed by atoms with Gasteiger partial charge in [-0.3, -0.25) is 9.59 Å². The van der Waals surface area contributed by atoms with Crippen LogP contribution < -0.4 is 0 Å². The fraction of sp³-hybridized carbons (Fsp3) is 0.932. The number of esters is 2. The van der Waals surface area contributed by atoms with Crippen LogP contribution >= 0.6 is 0 Å². The van der Waals surface area contributed by atoms with E-state index in [1.165, 1.54) is 276 Å². The van der Waals surface area contributed by atoms with Crippen molar-refractivity contribution in [3.8, 4) is 0 Å². The predicted molar refractivity (Wildman–Crippen MR) is 279 cm³/mol. The highest BCUT2D eigenvalue weighted by molar-refractivity contribution is 5.70. The van der Waals surface area contributed by atoms with Crippen molar-refractivity contribution in [2.75, 3.05) is 13.2 Å². The van der Waals surface area contributed by atoms with Crippen LogP contribution in [0.3, 0.4) is 0 Å². The van der Waals surface area contributed by atoms with Crippen molar-refractivity contribution in [2.24, 2.45) is 0 Å². The van der Waals surface area contributed by atoms with Crippen LogP contribution in [0.25, 0.3) is 0 Å². The highest BCUT2D eigenvalue weighted by atomic mass is 16.6. The lowest BCUT2D eigenvalue weighted by atomic mass is 10.0. The van der Waals surface area contributed by atoms with E-state index in [1.54, 1.807) is 0 Å². The maximum absolute atomic E-state index is 12.3. The number of ether oxygens (including phenoxy) is 2. The maximum Gasteiger partial charge on any atom is 0.306 e. The van der Waals surface area contributed by atoms with Crippen molar-refractivity contribution >= 4 is 11.9 Å². The van der Waals surface area contributed by atoms with Crippen molar-refractivity contribution < 1.29 is 24.2 Å². The van der Waals surface area contributed by atoms with Crippen LogP contribution in [-0.2, 0) is 19.1 Å². The van der Waals surface area contributed by atoms with Crippen molar-refractivity contribution in [1.82, 2.24) is 0 Å². The number of hydrogen-bond donors (Lipinski definition) is 1. The number of hydrogen-bond acceptors (Lipinski definition) is 5. The minimum atomic E-state index is -0.767. The maximum atomic E-state index is 12.3. The van der Waals surface area contributed by atoms with Gasteiger partial charge in [0.05, 0.1) is 6.61 Å². The van der Waals surface area contributed by atoms with Crippen LogP contribution in [0.4, 0.5) is 0 Å². The molecule has 0 amide bonds. The highest BCUT2D eigenvalue weighted by Crippen LogP contribution is 2.18. The Kier molecular flexibility index (Phi) is 54.8. The number of allylic oxidation sites excluding steroid dienone is 2. The van der Waals surface area contributed by atoms with Gasteiger partial charge in [-0.05, 0) is 38.5 Å². The average molecular weight is 904 g/mol. The fourth-order valence-electron chi connectivity index (χ4n) is 9.14. The number of aliphatic hydroxyl groups excluding tert-OH is 1. The van der Waals surface area contributed by atoms with E-state index < -0.39 is 6.10 Å². The zero-order valence-electron chi connectivity index (χ0n) is 43.6. The van der Waals surface area contributed by atoms with Crippen molar-refractivity contribution in [2.45, 2.75) is 341 Å². The Labute approximate surface area is 401 Å². The molecule has 0 saturated heterocycles. The second-order valence-corrected chi connectivity index (χ2v) is 20.1. The lowest BCUT2D eigenvalue weighted by Gasteiger charge is -2.15. The Morgan fingerprint density at radius 1 is 0.344 bits per heavy atom. The second-order valence-electron chi connectivity index (χ2n) is 20.1. The molecule has 0 saturated carbocycles. The van der Waals surface area contributed by atoms with Gasteiger partial charge in [0.1, 0.15) is 6.61 Å². The zero-order valence-corrected chi connectivity index (χ0v) is 43.6. The summed E-state index contributed by atoms with van der Waals surface area (Å²) >= 11 is 0. The van der Waals surface area contributed by atoms with Gasteiger partial charge in [-0.15, -0.1) is 0 Å². The Hall–Kier alpha value is -1.36. The Bertz CT molecular complexity index is 932. The number of carbonyl (C=O) groups excluding carboxylic acids is 2. The van der Waals surface area contributed by atoms with E-state index in [9.17, 15) is 14.7 Å². The van der Waals surface area contributed by atoms with Crippen LogP contribution in [0, 0.1) is 0 Å². The summed E-state index contributed by atoms with van der Waals surface area (Å²) in [5.74, 6) is -0.567. The Balaban J connectivity index is 3.41. The standard InChI is InChI=1S/C59H114O5/c1-3-5-7-9-11-13-15-17-19-21-23-25-27-29-31-33-35-37-39-41-43-45-47-49-51-53-58(61)63-56-57(55-60)64-59(62)54-52-50-48-46-44-42-40-38-36-34-32-30-28-26-24-22-20-18-16-14-12-10-8-6-4-2/h22,24,57,60H,3-21,23,25-56H2,1-2H3/b24-22-. The summed E-state index contributed by atoms with van der Waals surface area (Å²) in [6, 6.07) is 0. The molecule has 1 atom stereocenters. The summed E-state index contributed by atoms with van der Waals surface area (Å²) in [6.45, 7) is 4.20. The van der Waals surface area contributed by atoms with Gasteiger partial charge in [-0.1, -0.05) is 296 Å². The Morgan fingerprint density at radius 3 is 0.844 bits per heavy atom. The molecule has 0 rings (SSSR count). The second kappa shape index (κ2) is 56.0. The number of rotatable bonds is 55. The van der Waals surface area contributed by atoms with Crippen LogP contribution in [0.15, 0.2) is 12.2 Å². The fourth-order valence-corrected chi connectivity index (χ4v) is 9.14. The molecule has 0 bridgehead atoms. The molecule has 1 N–H and O–H groups in total. The molecule has 1 unspecified atom stereocenters. The van der Waals surface area contributed by atoms with Crippen LogP contribution in [0.5, 0.6) is 0 Å². The normalized spacial score (nSPS) is 12.1. The van der Waals surface area contributed by atoms with Gasteiger partial charge in [0.25, 0.3) is 0 Å². The van der Waals surface area contributed by atoms with E-state index in [0.717, 1.165) is 32.1 Å². The number of aliphatic hydroxyl groups is 1. The van der Waals surface area contributed by atoms with E-state index in [-0.39, 0.29) is 25.2 Å². The number of unbranched alkanes of at least 4 members (excludes halogenated alkanes) is 45. The molecule has 0 aliphatic heterocycles. The molecule has 0 aromatic carbocycles. The molecule has 380 valence electrons. The summed E-state index contributed by atoms with van der Waals surface area (Å²) in [5, 5.41) is 9.66. The number of carbonyl (C=O) groups is 2. The summed E-state index contributed by atoms with van der Waals surface area (Å²) in [5.41, 5.74) is 0. The van der Waals surface area contributed by atoms with Crippen molar-refractivity contribution in [3.63, 3.8) is 0 Å². The van der Waals surface area contributed by atoms with Crippen LogP contribution in [-0.4, -0.2) is 36.4 Å². The van der Waals surface area contributed by atoms with Crippen LogP contribution in [0.2, 0.25) is 0 Å². The molecule has 0 aliphatic rings. The third-order valence-electron chi connectivity index (χ3n) is 13.6. The predicted octanol–water partition coefficient (Wildman–Crippen LogP) is 19.5. The molecule has 5 heteroatoms. The van der Waals surface area contributed by atoms with Gasteiger partial charge in [0.2, 0.25) is 0 Å². The molecular formula is C59H114O5. The molecule has 0 fully saturated rings. The topological polar surface area (TPSA) is 72.8 Å². The minimum Gasteiger partial charge on any atom is -0.462 e. The Morgan fingerprint density at radius 2 is 0.578 bits per heavy atom. The minimum absolute atomic E-state index is 0.0580. The first-order chi connectivity index (χ1) is 31.6. The van der Waals surface area contributed by atoms with E-state index in [4.69, 9.17) is 9.47 Å². The summed E-state index contributed by atoms with van der Waals surface area (Å²) in [4.78, 5) is 24.5. The molecule has 5 nitrogen and oxygen atoms in total. The largest absolute Gasteiger partial charge is 0.462 e. The summed E-state index contributed by atoms with van der Waals surface area (Å²) < 4.78 is 10.7. The first kappa shape index (κ1) is 62.6. The summed E-state index contributed by atoms with van der Waals surface area (Å²) in [7, 11) is 0. The van der Waals surface area contributed by atoms with E-state index in [0.29, 0.717) is 12.8 Å². The van der Waals surface area contributed by atoms with Gasteiger partial charge < -0.3 is 14.6 Å². The third kappa shape index (κ3) is 53.3. The van der Waals surface area contributed by atoms with E-state index >= 15 is 0 Å². The lowest BCUT2D eigenvalue weighted by Crippen LogP contribution is -2.28. The van der Waals surface area contributed by atoms with Crippen molar-refractivity contribution in [1.29, 1.82) is 0 Å². The third-order valence-corrected chi connectivity index (χ3v) is 13.6. The van der Waals surface area contributed by atoms with E-state index in [2.05, 4.69) is 26.0 Å². The van der Waals surface area contributed by atoms with Gasteiger partial charge in [0, 0.05) is 12.8 Å². The van der Waals surface area contributed by atoms with Gasteiger partial charge in [-0.2, -0.15) is 0 Å². The van der Waals surface area contributed by atoms with Gasteiger partial charge >= 0.3 is 11.9 Å². The molecule has 0 heterocycles. The average Bonchev–Trinajstić information content (AvgIpc) is 3.30. The first-order valence-electron chi connectivity index (χ1n) is 29.2. The molecule has 0 aromatic rings. The van der Waals surface area contributed by atoms with Crippen molar-refractivity contribution in [3.05, 3.63) is 12.2 Å². The summed E-state index contributed by atoms with van der Waals surface area (Å²) in [6.07, 6.45) is 69.1. The molecule has 0 aliphatic carbocycles. The monoisotopic (exact) mass is 903 g/mol. The quantitative estimate of drug-likeness (QED) is 0.0374. The SMILES string of the molecule is CCCCCCCCCC/C=C\CCCCCCCCCCCCCCCC(=O)OC(CO)COC(=O)CCCCCCCCCCCCCCCCCCCCCCCCCCC. The first-order valence-corrected chi connectivity index (χ1v) is 29.2. The van der Waals surface area contributed by atoms with Crippen LogP contribution in [0.1, 0.15) is 335 Å².